The number of hydrogen-bond donors (Lipinski definition) is 2. The van der Waals surface area contributed by atoms with Gasteiger partial charge in [0.25, 0.3) is 0 Å². The van der Waals surface area contributed by atoms with Crippen LogP contribution in [0.15, 0.2) is 0 Å². The highest BCUT2D eigenvalue weighted by atomic mass is 16.2. The Bertz CT molecular complexity index is 349. The SMILES string of the molecule is CCCCCCCCCCC(=O)NCCCCNC(=O)CCCCCCCCCC. The van der Waals surface area contributed by atoms with Gasteiger partial charge in [0.15, 0.2) is 0 Å². The summed E-state index contributed by atoms with van der Waals surface area (Å²) in [4.78, 5) is 23.6. The van der Waals surface area contributed by atoms with Crippen molar-refractivity contribution in [3.8, 4) is 0 Å². The van der Waals surface area contributed by atoms with Crippen LogP contribution in [0.3, 0.4) is 0 Å². The monoisotopic (exact) mass is 424 g/mol. The number of amides is 2. The van der Waals surface area contributed by atoms with Gasteiger partial charge in [0, 0.05) is 25.9 Å². The van der Waals surface area contributed by atoms with Crippen LogP contribution in [0.4, 0.5) is 0 Å². The first-order chi connectivity index (χ1) is 14.7. The van der Waals surface area contributed by atoms with E-state index in [9.17, 15) is 9.59 Å². The summed E-state index contributed by atoms with van der Waals surface area (Å²) >= 11 is 0. The molecule has 2 amide bonds. The maximum Gasteiger partial charge on any atom is 0.219 e. The predicted molar refractivity (Wildman–Crippen MR) is 130 cm³/mol. The molecule has 0 aliphatic carbocycles. The van der Waals surface area contributed by atoms with Crippen molar-refractivity contribution in [3.05, 3.63) is 0 Å². The van der Waals surface area contributed by atoms with Crippen LogP contribution in [0, 0.1) is 0 Å². The fraction of sp³-hybridized carbons (Fsp3) is 0.923. The number of nitrogens with one attached hydrogen (secondary N) is 2. The summed E-state index contributed by atoms with van der Waals surface area (Å²) in [7, 11) is 0. The molecule has 0 aliphatic rings. The molecular weight excluding hydrogens is 372 g/mol. The zero-order chi connectivity index (χ0) is 22.1. The Labute approximate surface area is 187 Å². The first-order valence-electron chi connectivity index (χ1n) is 13.2. The molecule has 0 radical (unpaired) electrons. The number of rotatable bonds is 23. The van der Waals surface area contributed by atoms with Gasteiger partial charge in [0.2, 0.25) is 11.8 Å². The second-order valence-corrected chi connectivity index (χ2v) is 8.86. The van der Waals surface area contributed by atoms with Crippen molar-refractivity contribution in [2.75, 3.05) is 13.1 Å². The second-order valence-electron chi connectivity index (χ2n) is 8.86. The van der Waals surface area contributed by atoms with Gasteiger partial charge in [-0.1, -0.05) is 104 Å². The van der Waals surface area contributed by atoms with E-state index in [0.29, 0.717) is 12.8 Å². The first kappa shape index (κ1) is 28.9. The highest BCUT2D eigenvalue weighted by molar-refractivity contribution is 5.76. The van der Waals surface area contributed by atoms with Gasteiger partial charge in [-0.05, 0) is 25.7 Å². The summed E-state index contributed by atoms with van der Waals surface area (Å²) in [6, 6.07) is 0. The van der Waals surface area contributed by atoms with Crippen LogP contribution in [0.2, 0.25) is 0 Å². The van der Waals surface area contributed by atoms with E-state index in [2.05, 4.69) is 24.5 Å². The second kappa shape index (κ2) is 24.2. The van der Waals surface area contributed by atoms with Crippen molar-refractivity contribution in [2.24, 2.45) is 0 Å². The van der Waals surface area contributed by atoms with Gasteiger partial charge < -0.3 is 10.6 Å². The van der Waals surface area contributed by atoms with Crippen molar-refractivity contribution in [3.63, 3.8) is 0 Å². The third-order valence-electron chi connectivity index (χ3n) is 5.76. The van der Waals surface area contributed by atoms with Crippen LogP contribution in [0.5, 0.6) is 0 Å². The zero-order valence-electron chi connectivity index (χ0n) is 20.4. The average molecular weight is 425 g/mol. The molecule has 0 aromatic carbocycles. The summed E-state index contributed by atoms with van der Waals surface area (Å²) < 4.78 is 0. The Hall–Kier alpha value is -1.06. The molecule has 0 fully saturated rings. The van der Waals surface area contributed by atoms with Gasteiger partial charge >= 0.3 is 0 Å². The van der Waals surface area contributed by atoms with E-state index in [4.69, 9.17) is 0 Å². The summed E-state index contributed by atoms with van der Waals surface area (Å²) in [5.41, 5.74) is 0. The highest BCUT2D eigenvalue weighted by Crippen LogP contribution is 2.10. The Morgan fingerprint density at radius 2 is 0.733 bits per heavy atom. The Kier molecular flexibility index (Phi) is 23.4. The van der Waals surface area contributed by atoms with E-state index in [1.54, 1.807) is 0 Å². The van der Waals surface area contributed by atoms with E-state index < -0.39 is 0 Å². The van der Waals surface area contributed by atoms with Gasteiger partial charge in [-0.2, -0.15) is 0 Å². The lowest BCUT2D eigenvalue weighted by atomic mass is 10.1. The van der Waals surface area contributed by atoms with E-state index in [-0.39, 0.29) is 11.8 Å². The van der Waals surface area contributed by atoms with Crippen molar-refractivity contribution in [1.82, 2.24) is 10.6 Å². The topological polar surface area (TPSA) is 58.2 Å². The van der Waals surface area contributed by atoms with Gasteiger partial charge in [0.1, 0.15) is 0 Å². The normalized spacial score (nSPS) is 10.9. The number of hydrogen-bond acceptors (Lipinski definition) is 2. The smallest absolute Gasteiger partial charge is 0.219 e. The minimum absolute atomic E-state index is 0.180. The fourth-order valence-corrected chi connectivity index (χ4v) is 3.72. The molecule has 2 N–H and O–H groups in total. The van der Waals surface area contributed by atoms with Crippen LogP contribution in [0.1, 0.15) is 142 Å². The van der Waals surface area contributed by atoms with Crippen molar-refractivity contribution >= 4 is 11.8 Å². The van der Waals surface area contributed by atoms with Crippen molar-refractivity contribution in [2.45, 2.75) is 142 Å². The van der Waals surface area contributed by atoms with Crippen LogP contribution >= 0.6 is 0 Å². The molecule has 0 saturated carbocycles. The molecular formula is C26H52N2O2. The minimum Gasteiger partial charge on any atom is -0.356 e. The Morgan fingerprint density at radius 1 is 0.433 bits per heavy atom. The molecule has 0 bridgehead atoms. The molecule has 0 aromatic rings. The van der Waals surface area contributed by atoms with Crippen LogP contribution < -0.4 is 10.6 Å². The lowest BCUT2D eigenvalue weighted by Gasteiger charge is -2.07. The molecule has 0 aliphatic heterocycles. The summed E-state index contributed by atoms with van der Waals surface area (Å²) in [6.07, 6.45) is 23.4. The number of carbonyl (C=O) groups is 2. The molecule has 30 heavy (non-hydrogen) atoms. The van der Waals surface area contributed by atoms with Crippen molar-refractivity contribution < 1.29 is 9.59 Å². The Morgan fingerprint density at radius 3 is 1.07 bits per heavy atom. The maximum absolute atomic E-state index is 11.8. The molecule has 4 heteroatoms. The molecule has 4 nitrogen and oxygen atoms in total. The molecule has 0 rings (SSSR count). The summed E-state index contributed by atoms with van der Waals surface area (Å²) in [6.45, 7) is 5.94. The maximum atomic E-state index is 11.8. The van der Waals surface area contributed by atoms with Crippen LogP contribution in [-0.4, -0.2) is 24.9 Å². The lowest BCUT2D eigenvalue weighted by molar-refractivity contribution is -0.122. The quantitative estimate of drug-likeness (QED) is 0.172. The number of carbonyl (C=O) groups excluding carboxylic acids is 2. The van der Waals surface area contributed by atoms with Crippen LogP contribution in [0.25, 0.3) is 0 Å². The van der Waals surface area contributed by atoms with Gasteiger partial charge in [-0.3, -0.25) is 9.59 Å². The van der Waals surface area contributed by atoms with Gasteiger partial charge in [-0.15, -0.1) is 0 Å². The Balaban J connectivity index is 3.28. The van der Waals surface area contributed by atoms with E-state index >= 15 is 0 Å². The fourth-order valence-electron chi connectivity index (χ4n) is 3.72. The molecule has 0 spiro atoms. The van der Waals surface area contributed by atoms with Gasteiger partial charge in [0.05, 0.1) is 0 Å². The standard InChI is InChI=1S/C26H52N2O2/c1-3-5-7-9-11-13-15-17-21-25(29)27-23-19-20-24-28-26(30)22-18-16-14-12-10-8-6-4-2/h3-24H2,1-2H3,(H,27,29)(H,28,30). The third-order valence-corrected chi connectivity index (χ3v) is 5.76. The molecule has 178 valence electrons. The molecule has 0 saturated heterocycles. The zero-order valence-corrected chi connectivity index (χ0v) is 20.4. The minimum atomic E-state index is 0.180. The summed E-state index contributed by atoms with van der Waals surface area (Å²) in [5.74, 6) is 0.361. The van der Waals surface area contributed by atoms with Crippen molar-refractivity contribution in [1.29, 1.82) is 0 Å². The number of unbranched alkanes of at least 4 members (excludes halogenated alkanes) is 15. The summed E-state index contributed by atoms with van der Waals surface area (Å²) in [5, 5.41) is 6.01. The molecule has 0 unspecified atom stereocenters. The third kappa shape index (κ3) is 23.2. The highest BCUT2D eigenvalue weighted by Gasteiger charge is 2.02. The van der Waals surface area contributed by atoms with Gasteiger partial charge in [-0.25, -0.2) is 0 Å². The molecule has 0 heterocycles. The van der Waals surface area contributed by atoms with Crippen LogP contribution in [-0.2, 0) is 9.59 Å². The predicted octanol–water partition coefficient (Wildman–Crippen LogP) is 7.06. The van der Waals surface area contributed by atoms with E-state index in [1.165, 1.54) is 89.9 Å². The largest absolute Gasteiger partial charge is 0.356 e. The molecule has 0 atom stereocenters. The van der Waals surface area contributed by atoms with E-state index in [0.717, 1.165) is 38.8 Å². The average Bonchev–Trinajstić information content (AvgIpc) is 2.74. The van der Waals surface area contributed by atoms with E-state index in [1.807, 2.05) is 0 Å². The first-order valence-corrected chi connectivity index (χ1v) is 13.2. The molecule has 0 aromatic heterocycles. The lowest BCUT2D eigenvalue weighted by Crippen LogP contribution is -2.27.